The van der Waals surface area contributed by atoms with Crippen LogP contribution in [0.2, 0.25) is 5.02 Å². The van der Waals surface area contributed by atoms with E-state index < -0.39 is 0 Å². The number of halogens is 1. The van der Waals surface area contributed by atoms with Gasteiger partial charge in [-0.25, -0.2) is 9.97 Å². The normalized spacial score (nSPS) is 10.2. The van der Waals surface area contributed by atoms with Crippen molar-refractivity contribution in [1.82, 2.24) is 15.0 Å². The Bertz CT molecular complexity index is 824. The molecule has 120 valence electrons. The summed E-state index contributed by atoms with van der Waals surface area (Å²) in [5.74, 6) is 0.0463. The van der Waals surface area contributed by atoms with Gasteiger partial charge in [-0.2, -0.15) is 0 Å². The second kappa shape index (κ2) is 7.52. The molecule has 2 aromatic heterocycles. The molecule has 24 heavy (non-hydrogen) atoms. The zero-order chi connectivity index (χ0) is 16.8. The van der Waals surface area contributed by atoms with Crippen molar-refractivity contribution in [2.24, 2.45) is 0 Å². The van der Waals surface area contributed by atoms with Gasteiger partial charge in [-0.1, -0.05) is 17.7 Å². The van der Waals surface area contributed by atoms with Gasteiger partial charge in [0.25, 0.3) is 5.91 Å². The molecule has 2 N–H and O–H groups in total. The summed E-state index contributed by atoms with van der Waals surface area (Å²) in [7, 11) is 0. The molecule has 0 saturated heterocycles. The Morgan fingerprint density at radius 3 is 2.58 bits per heavy atom. The first-order valence-corrected chi connectivity index (χ1v) is 7.62. The average molecular weight is 340 g/mol. The lowest BCUT2D eigenvalue weighted by atomic mass is 10.3. The predicted octanol–water partition coefficient (Wildman–Crippen LogP) is 3.39. The number of nitrogens with zero attached hydrogens (tertiary/aromatic N) is 3. The number of nitrogens with one attached hydrogen (secondary N) is 2. The van der Waals surface area contributed by atoms with E-state index in [1.165, 1.54) is 6.20 Å². The monoisotopic (exact) mass is 339 g/mol. The van der Waals surface area contributed by atoms with Crippen LogP contribution in [-0.4, -0.2) is 20.9 Å². The average Bonchev–Trinajstić information content (AvgIpc) is 2.63. The number of pyridine rings is 1. The molecule has 1 amide bonds. The first-order valence-electron chi connectivity index (χ1n) is 7.24. The Balaban J connectivity index is 1.65. The number of carbonyl (C=O) groups excluding carboxylic acids is 1. The number of benzene rings is 1. The van der Waals surface area contributed by atoms with Crippen molar-refractivity contribution in [3.8, 4) is 0 Å². The van der Waals surface area contributed by atoms with Crippen molar-refractivity contribution in [3.63, 3.8) is 0 Å². The molecule has 7 heteroatoms. The van der Waals surface area contributed by atoms with Crippen molar-refractivity contribution < 1.29 is 4.79 Å². The maximum atomic E-state index is 12.3. The summed E-state index contributed by atoms with van der Waals surface area (Å²) in [5.41, 5.74) is 1.77. The Kier molecular flexibility index (Phi) is 4.98. The molecule has 6 nitrogen and oxygen atoms in total. The molecule has 1 aromatic carbocycles. The molecular formula is C17H14ClN5O. The zero-order valence-corrected chi connectivity index (χ0v) is 13.4. The molecule has 0 aliphatic heterocycles. The van der Waals surface area contributed by atoms with Gasteiger partial charge in [-0.15, -0.1) is 0 Å². The van der Waals surface area contributed by atoms with E-state index in [2.05, 4.69) is 25.6 Å². The lowest BCUT2D eigenvalue weighted by Crippen LogP contribution is -2.15. The standard InChI is InChI=1S/C17H14ClN5O/c18-12-4-6-13(7-5-12)22-16(24)15-8-10-20-17(23-15)21-11-14-3-1-2-9-19-14/h1-10H,11H2,(H,22,24)(H,20,21,23). The Labute approximate surface area is 143 Å². The minimum atomic E-state index is -0.319. The van der Waals surface area contributed by atoms with Crippen LogP contribution in [0, 0.1) is 0 Å². The first kappa shape index (κ1) is 15.9. The van der Waals surface area contributed by atoms with Crippen LogP contribution in [-0.2, 0) is 6.54 Å². The fourth-order valence-electron chi connectivity index (χ4n) is 1.97. The van der Waals surface area contributed by atoms with Crippen LogP contribution >= 0.6 is 11.6 Å². The largest absolute Gasteiger partial charge is 0.349 e. The van der Waals surface area contributed by atoms with Crippen molar-refractivity contribution in [2.45, 2.75) is 6.54 Å². The highest BCUT2D eigenvalue weighted by molar-refractivity contribution is 6.30. The minimum absolute atomic E-state index is 0.267. The number of carbonyl (C=O) groups is 1. The molecule has 0 unspecified atom stereocenters. The van der Waals surface area contributed by atoms with E-state index in [1.54, 1.807) is 36.5 Å². The van der Waals surface area contributed by atoms with E-state index in [4.69, 9.17) is 11.6 Å². The van der Waals surface area contributed by atoms with E-state index in [9.17, 15) is 4.79 Å². The lowest BCUT2D eigenvalue weighted by Gasteiger charge is -2.07. The second-order valence-corrected chi connectivity index (χ2v) is 5.34. The fraction of sp³-hybridized carbons (Fsp3) is 0.0588. The maximum Gasteiger partial charge on any atom is 0.274 e. The molecule has 0 atom stereocenters. The van der Waals surface area contributed by atoms with Crippen LogP contribution < -0.4 is 10.6 Å². The molecule has 3 aromatic rings. The summed E-state index contributed by atoms with van der Waals surface area (Å²) < 4.78 is 0. The third-order valence-electron chi connectivity index (χ3n) is 3.14. The van der Waals surface area contributed by atoms with Crippen molar-refractivity contribution in [2.75, 3.05) is 10.6 Å². The predicted molar refractivity (Wildman–Crippen MR) is 93.0 cm³/mol. The molecule has 0 bridgehead atoms. The van der Waals surface area contributed by atoms with E-state index >= 15 is 0 Å². The summed E-state index contributed by atoms with van der Waals surface area (Å²) in [6.45, 7) is 0.475. The fourth-order valence-corrected chi connectivity index (χ4v) is 2.10. The third kappa shape index (κ3) is 4.27. The minimum Gasteiger partial charge on any atom is -0.349 e. The van der Waals surface area contributed by atoms with Gasteiger partial charge in [0.15, 0.2) is 0 Å². The molecular weight excluding hydrogens is 326 g/mol. The number of aromatic nitrogens is 3. The van der Waals surface area contributed by atoms with Gasteiger partial charge in [-0.3, -0.25) is 9.78 Å². The summed E-state index contributed by atoms with van der Waals surface area (Å²) in [6, 6.07) is 14.1. The van der Waals surface area contributed by atoms with Gasteiger partial charge < -0.3 is 10.6 Å². The van der Waals surface area contributed by atoms with E-state index in [0.717, 1.165) is 5.69 Å². The Morgan fingerprint density at radius 1 is 1.00 bits per heavy atom. The van der Waals surface area contributed by atoms with Gasteiger partial charge >= 0.3 is 0 Å². The van der Waals surface area contributed by atoms with Crippen LogP contribution in [0.5, 0.6) is 0 Å². The molecule has 3 rings (SSSR count). The van der Waals surface area contributed by atoms with Gasteiger partial charge in [0, 0.05) is 23.1 Å². The number of rotatable bonds is 5. The molecule has 0 spiro atoms. The van der Waals surface area contributed by atoms with Gasteiger partial charge in [0.1, 0.15) is 5.69 Å². The van der Waals surface area contributed by atoms with Crippen molar-refractivity contribution in [1.29, 1.82) is 0 Å². The van der Waals surface area contributed by atoms with Gasteiger partial charge in [0.2, 0.25) is 5.95 Å². The van der Waals surface area contributed by atoms with Crippen LogP contribution in [0.4, 0.5) is 11.6 Å². The van der Waals surface area contributed by atoms with Crippen LogP contribution in [0.1, 0.15) is 16.2 Å². The van der Waals surface area contributed by atoms with Crippen LogP contribution in [0.25, 0.3) is 0 Å². The van der Waals surface area contributed by atoms with Crippen LogP contribution in [0.3, 0.4) is 0 Å². The van der Waals surface area contributed by atoms with E-state index in [0.29, 0.717) is 23.2 Å². The van der Waals surface area contributed by atoms with E-state index in [1.807, 2.05) is 18.2 Å². The highest BCUT2D eigenvalue weighted by atomic mass is 35.5. The summed E-state index contributed by atoms with van der Waals surface area (Å²) in [4.78, 5) is 24.8. The number of hydrogen-bond donors (Lipinski definition) is 2. The maximum absolute atomic E-state index is 12.3. The molecule has 0 saturated carbocycles. The molecule has 0 aliphatic carbocycles. The zero-order valence-electron chi connectivity index (χ0n) is 12.6. The van der Waals surface area contributed by atoms with Gasteiger partial charge in [-0.05, 0) is 42.5 Å². The Hall–Kier alpha value is -2.99. The number of hydrogen-bond acceptors (Lipinski definition) is 5. The van der Waals surface area contributed by atoms with Crippen molar-refractivity contribution >= 4 is 29.1 Å². The lowest BCUT2D eigenvalue weighted by molar-refractivity contribution is 0.102. The topological polar surface area (TPSA) is 79.8 Å². The van der Waals surface area contributed by atoms with Gasteiger partial charge in [0.05, 0.1) is 12.2 Å². The van der Waals surface area contributed by atoms with Crippen LogP contribution in [0.15, 0.2) is 60.9 Å². The Morgan fingerprint density at radius 2 is 1.83 bits per heavy atom. The molecule has 0 fully saturated rings. The first-order chi connectivity index (χ1) is 11.7. The summed E-state index contributed by atoms with van der Waals surface area (Å²) in [6.07, 6.45) is 3.25. The number of anilines is 2. The van der Waals surface area contributed by atoms with Crippen molar-refractivity contribution in [3.05, 3.63) is 77.3 Å². The highest BCUT2D eigenvalue weighted by Crippen LogP contribution is 2.14. The highest BCUT2D eigenvalue weighted by Gasteiger charge is 2.09. The smallest absolute Gasteiger partial charge is 0.274 e. The SMILES string of the molecule is O=C(Nc1ccc(Cl)cc1)c1ccnc(NCc2ccccn2)n1. The number of amides is 1. The molecule has 0 radical (unpaired) electrons. The summed E-state index contributed by atoms with van der Waals surface area (Å²) >= 11 is 5.82. The molecule has 2 heterocycles. The second-order valence-electron chi connectivity index (χ2n) is 4.90. The van der Waals surface area contributed by atoms with E-state index in [-0.39, 0.29) is 11.6 Å². The third-order valence-corrected chi connectivity index (χ3v) is 3.40. The summed E-state index contributed by atoms with van der Waals surface area (Å²) in [5, 5.41) is 6.41. The molecule has 0 aliphatic rings. The quantitative estimate of drug-likeness (QED) is 0.744.